The van der Waals surface area contributed by atoms with Crippen molar-refractivity contribution >= 4 is 17.5 Å². The summed E-state index contributed by atoms with van der Waals surface area (Å²) in [6.07, 6.45) is 14.4. The van der Waals surface area contributed by atoms with Crippen LogP contribution in [0.15, 0.2) is 95.9 Å². The first kappa shape index (κ1) is 24.7. The highest BCUT2D eigenvalue weighted by atomic mass is 15.5. The summed E-state index contributed by atoms with van der Waals surface area (Å²) in [4.78, 5) is 2.36. The van der Waals surface area contributed by atoms with Crippen LogP contribution in [0.5, 0.6) is 0 Å². The minimum Gasteiger partial charge on any atom is -0.402 e. The molecule has 1 aliphatic heterocycles. The second-order valence-corrected chi connectivity index (χ2v) is 9.54. The molecule has 0 saturated heterocycles. The van der Waals surface area contributed by atoms with E-state index in [0.717, 1.165) is 49.4 Å². The van der Waals surface area contributed by atoms with Crippen molar-refractivity contribution in [2.75, 3.05) is 23.0 Å². The number of nitrogens with two attached hydrogens (primary N) is 1. The zero-order chi connectivity index (χ0) is 24.8. The Balaban J connectivity index is 1.59. The van der Waals surface area contributed by atoms with Crippen LogP contribution in [0.25, 0.3) is 6.08 Å². The number of rotatable bonds is 9. The molecule has 4 heteroatoms. The molecule has 3 N–H and O–H groups in total. The maximum absolute atomic E-state index is 6.72. The van der Waals surface area contributed by atoms with E-state index in [4.69, 9.17) is 5.73 Å². The van der Waals surface area contributed by atoms with Crippen LogP contribution in [0, 0.1) is 5.41 Å². The Hall–Kier alpha value is -3.40. The van der Waals surface area contributed by atoms with Gasteiger partial charge in [0.25, 0.3) is 0 Å². The molecule has 2 aliphatic rings. The van der Waals surface area contributed by atoms with Crippen LogP contribution in [0.3, 0.4) is 0 Å². The molecule has 0 amide bonds. The number of hydrogen-bond donors (Lipinski definition) is 2. The number of nitrogens with zero attached hydrogens (tertiary/aromatic N) is 2. The molecule has 4 rings (SSSR count). The Morgan fingerprint density at radius 1 is 0.971 bits per heavy atom. The number of hydrogen-bond acceptors (Lipinski definition) is 4. The number of nitrogens with one attached hydrogen (secondary N) is 1. The molecule has 0 radical (unpaired) electrons. The van der Waals surface area contributed by atoms with Gasteiger partial charge < -0.3 is 10.6 Å². The highest BCUT2D eigenvalue weighted by molar-refractivity contribution is 5.61. The van der Waals surface area contributed by atoms with E-state index in [1.165, 1.54) is 16.8 Å². The van der Waals surface area contributed by atoms with E-state index in [9.17, 15) is 0 Å². The summed E-state index contributed by atoms with van der Waals surface area (Å²) >= 11 is 0. The quantitative estimate of drug-likeness (QED) is 0.425. The van der Waals surface area contributed by atoms with E-state index in [2.05, 4.69) is 128 Å². The number of allylic oxidation sites excluding steroid dienone is 3. The molecular weight excluding hydrogens is 428 g/mol. The van der Waals surface area contributed by atoms with Crippen LogP contribution in [-0.2, 0) is 0 Å². The Morgan fingerprint density at radius 3 is 2.26 bits per heavy atom. The zero-order valence-electron chi connectivity index (χ0n) is 21.7. The van der Waals surface area contributed by atoms with E-state index in [0.29, 0.717) is 0 Å². The standard InChI is InChI=1S/C31H40N4/c1-5-31(6-2)21-20-28(29(32)23-31)30-22-25(33-35(30)27-12-10-9-11-13-27)17-14-24-15-18-26(19-16-24)34(7-3)8-4/h9-22,30,33H,5-8,23,32H2,1-4H3. The first-order valence-electron chi connectivity index (χ1n) is 13.1. The summed E-state index contributed by atoms with van der Waals surface area (Å²) in [6.45, 7) is 10.9. The van der Waals surface area contributed by atoms with E-state index in [-0.39, 0.29) is 11.5 Å². The fourth-order valence-corrected chi connectivity index (χ4v) is 5.14. The van der Waals surface area contributed by atoms with E-state index in [1.807, 2.05) is 0 Å². The minimum atomic E-state index is 0.0463. The molecular formula is C31H40N4. The third-order valence-electron chi connectivity index (χ3n) is 7.63. The van der Waals surface area contributed by atoms with Gasteiger partial charge in [0.05, 0.1) is 17.4 Å². The van der Waals surface area contributed by atoms with Crippen LogP contribution < -0.4 is 21.1 Å². The molecule has 0 saturated carbocycles. The maximum atomic E-state index is 6.72. The number of anilines is 2. The van der Waals surface area contributed by atoms with Gasteiger partial charge in [-0.2, -0.15) is 0 Å². The van der Waals surface area contributed by atoms with Gasteiger partial charge >= 0.3 is 0 Å². The monoisotopic (exact) mass is 468 g/mol. The van der Waals surface area contributed by atoms with Crippen molar-refractivity contribution in [3.8, 4) is 0 Å². The topological polar surface area (TPSA) is 44.5 Å². The molecule has 1 aliphatic carbocycles. The van der Waals surface area contributed by atoms with Crippen molar-refractivity contribution in [2.24, 2.45) is 11.1 Å². The van der Waals surface area contributed by atoms with E-state index in [1.54, 1.807) is 0 Å². The van der Waals surface area contributed by atoms with Crippen LogP contribution in [0.2, 0.25) is 0 Å². The van der Waals surface area contributed by atoms with Crippen molar-refractivity contribution in [2.45, 2.75) is 53.0 Å². The van der Waals surface area contributed by atoms with E-state index >= 15 is 0 Å². The average molecular weight is 469 g/mol. The van der Waals surface area contributed by atoms with Gasteiger partial charge in [-0.25, -0.2) is 0 Å². The summed E-state index contributed by atoms with van der Waals surface area (Å²) in [5.74, 6) is 0. The summed E-state index contributed by atoms with van der Waals surface area (Å²) in [5, 5.41) is 2.22. The molecule has 35 heavy (non-hydrogen) atoms. The van der Waals surface area contributed by atoms with Gasteiger partial charge in [0.15, 0.2) is 0 Å². The molecule has 0 bridgehead atoms. The molecule has 1 atom stereocenters. The second-order valence-electron chi connectivity index (χ2n) is 9.54. The summed E-state index contributed by atoms with van der Waals surface area (Å²) in [5.41, 5.74) is 17.3. The molecule has 1 unspecified atom stereocenters. The lowest BCUT2D eigenvalue weighted by molar-refractivity contribution is 0.341. The van der Waals surface area contributed by atoms with Gasteiger partial charge in [0.2, 0.25) is 0 Å². The van der Waals surface area contributed by atoms with Crippen molar-refractivity contribution in [3.05, 3.63) is 101 Å². The highest BCUT2D eigenvalue weighted by Gasteiger charge is 2.33. The third-order valence-corrected chi connectivity index (χ3v) is 7.63. The van der Waals surface area contributed by atoms with Gasteiger partial charge in [0, 0.05) is 24.5 Å². The molecule has 4 nitrogen and oxygen atoms in total. The predicted octanol–water partition coefficient (Wildman–Crippen LogP) is 6.80. The smallest absolute Gasteiger partial charge is 0.0974 e. The second kappa shape index (κ2) is 10.9. The number of para-hydroxylation sites is 1. The summed E-state index contributed by atoms with van der Waals surface area (Å²) in [6, 6.07) is 19.3. The fraction of sp³-hybridized carbons (Fsp3) is 0.355. The Kier molecular flexibility index (Phi) is 7.70. The molecule has 0 spiro atoms. The molecule has 1 heterocycles. The number of hydrazine groups is 1. The van der Waals surface area contributed by atoms with Gasteiger partial charge in [-0.1, -0.05) is 62.4 Å². The number of benzene rings is 2. The van der Waals surface area contributed by atoms with Gasteiger partial charge in [-0.15, -0.1) is 0 Å². The van der Waals surface area contributed by atoms with Crippen molar-refractivity contribution in [3.63, 3.8) is 0 Å². The summed E-state index contributed by atoms with van der Waals surface area (Å²) < 4.78 is 0. The summed E-state index contributed by atoms with van der Waals surface area (Å²) in [7, 11) is 0. The van der Waals surface area contributed by atoms with Gasteiger partial charge in [-0.3, -0.25) is 10.4 Å². The van der Waals surface area contributed by atoms with Crippen LogP contribution in [0.1, 0.15) is 52.5 Å². The lowest BCUT2D eigenvalue weighted by Gasteiger charge is -2.35. The third kappa shape index (κ3) is 5.32. The average Bonchev–Trinajstić information content (AvgIpc) is 3.33. The normalized spacial score (nSPS) is 19.3. The molecule has 0 aromatic heterocycles. The first-order valence-corrected chi connectivity index (χ1v) is 13.1. The lowest BCUT2D eigenvalue weighted by atomic mass is 9.73. The lowest BCUT2D eigenvalue weighted by Crippen LogP contribution is -2.41. The van der Waals surface area contributed by atoms with Crippen LogP contribution in [-0.4, -0.2) is 19.1 Å². The molecule has 2 aromatic carbocycles. The van der Waals surface area contributed by atoms with Crippen LogP contribution in [0.4, 0.5) is 11.4 Å². The van der Waals surface area contributed by atoms with Crippen LogP contribution >= 0.6 is 0 Å². The molecule has 184 valence electrons. The Labute approximate surface area is 211 Å². The largest absolute Gasteiger partial charge is 0.402 e. The maximum Gasteiger partial charge on any atom is 0.0974 e. The SMILES string of the molecule is CCN(CC)c1ccc(C=CC2=CC(C3=C(N)CC(CC)(CC)C=C3)N(c3ccccc3)N2)cc1. The highest BCUT2D eigenvalue weighted by Crippen LogP contribution is 2.40. The molecule has 0 fully saturated rings. The Bertz CT molecular complexity index is 1100. The van der Waals surface area contributed by atoms with Crippen molar-refractivity contribution in [1.29, 1.82) is 0 Å². The van der Waals surface area contributed by atoms with Gasteiger partial charge in [-0.05, 0) is 86.1 Å². The predicted molar refractivity (Wildman–Crippen MR) is 151 cm³/mol. The van der Waals surface area contributed by atoms with E-state index < -0.39 is 0 Å². The van der Waals surface area contributed by atoms with Gasteiger partial charge in [0.1, 0.15) is 0 Å². The molecule has 2 aromatic rings. The minimum absolute atomic E-state index is 0.0463. The van der Waals surface area contributed by atoms with Crippen molar-refractivity contribution in [1.82, 2.24) is 5.43 Å². The van der Waals surface area contributed by atoms with Crippen molar-refractivity contribution < 1.29 is 0 Å². The first-order chi connectivity index (χ1) is 17.0. The zero-order valence-corrected chi connectivity index (χ0v) is 21.7. The Morgan fingerprint density at radius 2 is 1.66 bits per heavy atom. The fourth-order valence-electron chi connectivity index (χ4n) is 5.14.